The number of aromatic nitrogens is 1. The molecule has 0 unspecified atom stereocenters. The maximum atomic E-state index is 13.0. The Morgan fingerprint density at radius 3 is 2.71 bits per heavy atom. The van der Waals surface area contributed by atoms with Gasteiger partial charge in [-0.15, -0.1) is 0 Å². The molecular weight excluding hydrogens is 215 g/mol. The monoisotopic (exact) mass is 230 g/mol. The molecule has 0 fully saturated rings. The van der Waals surface area contributed by atoms with E-state index >= 15 is 0 Å². The van der Waals surface area contributed by atoms with Gasteiger partial charge in [-0.1, -0.05) is 12.1 Å². The second-order valence-corrected chi connectivity index (χ2v) is 4.01. The van der Waals surface area contributed by atoms with Gasteiger partial charge in [0.15, 0.2) is 0 Å². The number of nitrogens with one attached hydrogen (secondary N) is 1. The van der Waals surface area contributed by atoms with Gasteiger partial charge in [-0.25, -0.2) is 4.39 Å². The van der Waals surface area contributed by atoms with Crippen LogP contribution in [0, 0.1) is 5.82 Å². The molecule has 3 heteroatoms. The van der Waals surface area contributed by atoms with Gasteiger partial charge in [-0.2, -0.15) is 0 Å². The maximum Gasteiger partial charge on any atom is 0.123 e. The van der Waals surface area contributed by atoms with Crippen LogP contribution in [0.5, 0.6) is 0 Å². The predicted molar refractivity (Wildman–Crippen MR) is 65.9 cm³/mol. The third-order valence-corrected chi connectivity index (χ3v) is 2.71. The highest BCUT2D eigenvalue weighted by Crippen LogP contribution is 2.11. The summed E-state index contributed by atoms with van der Waals surface area (Å²) in [6, 6.07) is 10.8. The minimum absolute atomic E-state index is 0.194. The smallest absolute Gasteiger partial charge is 0.123 e. The summed E-state index contributed by atoms with van der Waals surface area (Å²) in [5, 5.41) is 3.35. The number of benzene rings is 1. The Labute approximate surface area is 101 Å². The minimum atomic E-state index is -0.194. The lowest BCUT2D eigenvalue weighted by atomic mass is 10.1. The first kappa shape index (κ1) is 11.7. The Morgan fingerprint density at radius 2 is 2.00 bits per heavy atom. The predicted octanol–water partition coefficient (Wildman–Crippen LogP) is 3.07. The summed E-state index contributed by atoms with van der Waals surface area (Å²) in [6.45, 7) is 2.73. The van der Waals surface area contributed by atoms with E-state index < -0.39 is 0 Å². The first-order valence-electron chi connectivity index (χ1n) is 5.63. The molecule has 1 aromatic heterocycles. The highest BCUT2D eigenvalue weighted by molar-refractivity contribution is 5.18. The number of nitrogens with zero attached hydrogens (tertiary/aromatic N) is 1. The quantitative estimate of drug-likeness (QED) is 0.873. The molecule has 88 valence electrons. The zero-order valence-electron chi connectivity index (χ0n) is 9.73. The second kappa shape index (κ2) is 5.55. The molecule has 2 rings (SSSR count). The second-order valence-electron chi connectivity index (χ2n) is 4.01. The molecule has 0 aliphatic rings. The first-order valence-corrected chi connectivity index (χ1v) is 5.63. The van der Waals surface area contributed by atoms with Gasteiger partial charge >= 0.3 is 0 Å². The third-order valence-electron chi connectivity index (χ3n) is 2.71. The van der Waals surface area contributed by atoms with Crippen LogP contribution in [-0.2, 0) is 6.54 Å². The van der Waals surface area contributed by atoms with Crippen LogP contribution in [0.3, 0.4) is 0 Å². The molecule has 0 spiro atoms. The van der Waals surface area contributed by atoms with Crippen molar-refractivity contribution in [2.45, 2.75) is 19.5 Å². The van der Waals surface area contributed by atoms with Gasteiger partial charge in [0.25, 0.3) is 0 Å². The van der Waals surface area contributed by atoms with Crippen LogP contribution in [-0.4, -0.2) is 4.98 Å². The molecule has 0 saturated heterocycles. The molecule has 17 heavy (non-hydrogen) atoms. The van der Waals surface area contributed by atoms with Gasteiger partial charge in [0.05, 0.1) is 0 Å². The molecule has 0 amide bonds. The molecule has 0 aliphatic carbocycles. The van der Waals surface area contributed by atoms with Crippen LogP contribution in [0.1, 0.15) is 24.1 Å². The summed E-state index contributed by atoms with van der Waals surface area (Å²) < 4.78 is 13.0. The summed E-state index contributed by atoms with van der Waals surface area (Å²) in [5.74, 6) is -0.194. The van der Waals surface area contributed by atoms with Gasteiger partial charge in [0, 0.05) is 25.0 Å². The average molecular weight is 230 g/mol. The van der Waals surface area contributed by atoms with Gasteiger partial charge < -0.3 is 5.32 Å². The molecule has 1 heterocycles. The number of rotatable bonds is 4. The lowest BCUT2D eigenvalue weighted by Gasteiger charge is -2.13. The number of pyridine rings is 1. The highest BCUT2D eigenvalue weighted by atomic mass is 19.1. The zero-order valence-corrected chi connectivity index (χ0v) is 9.73. The van der Waals surface area contributed by atoms with Gasteiger partial charge in [0.1, 0.15) is 5.82 Å². The molecule has 2 nitrogen and oxygen atoms in total. The lowest BCUT2D eigenvalue weighted by molar-refractivity contribution is 0.569. The Bertz CT molecular complexity index is 471. The van der Waals surface area contributed by atoms with Crippen LogP contribution in [0.25, 0.3) is 0 Å². The highest BCUT2D eigenvalue weighted by Gasteiger charge is 2.04. The van der Waals surface area contributed by atoms with Gasteiger partial charge in [0.2, 0.25) is 0 Å². The normalized spacial score (nSPS) is 12.4. The van der Waals surface area contributed by atoms with E-state index in [2.05, 4.69) is 17.2 Å². The molecular formula is C14H15FN2. The van der Waals surface area contributed by atoms with E-state index in [1.54, 1.807) is 24.5 Å². The SMILES string of the molecule is C[C@@H](NCc1cccc(F)c1)c1ccncc1. The van der Waals surface area contributed by atoms with Crippen molar-refractivity contribution in [3.05, 3.63) is 65.7 Å². The molecule has 0 aliphatic heterocycles. The molecule has 0 bridgehead atoms. The molecule has 0 saturated carbocycles. The van der Waals surface area contributed by atoms with Crippen LogP contribution >= 0.6 is 0 Å². The Balaban J connectivity index is 1.95. The summed E-state index contributed by atoms with van der Waals surface area (Å²) >= 11 is 0. The molecule has 1 N–H and O–H groups in total. The standard InChI is InChI=1S/C14H15FN2/c1-11(13-5-7-16-8-6-13)17-10-12-3-2-4-14(15)9-12/h2-9,11,17H,10H2,1H3/t11-/m1/s1. The summed E-state index contributed by atoms with van der Waals surface area (Å²) in [6.07, 6.45) is 3.55. The van der Waals surface area contributed by atoms with Crippen LogP contribution < -0.4 is 5.32 Å². The van der Waals surface area contributed by atoms with Crippen molar-refractivity contribution in [2.75, 3.05) is 0 Å². The van der Waals surface area contributed by atoms with Crippen molar-refractivity contribution in [2.24, 2.45) is 0 Å². The fourth-order valence-corrected chi connectivity index (χ4v) is 1.69. The summed E-state index contributed by atoms with van der Waals surface area (Å²) in [4.78, 5) is 3.98. The fourth-order valence-electron chi connectivity index (χ4n) is 1.69. The van der Waals surface area contributed by atoms with Gasteiger partial charge in [-0.05, 0) is 42.3 Å². The van der Waals surface area contributed by atoms with E-state index in [-0.39, 0.29) is 11.9 Å². The van der Waals surface area contributed by atoms with E-state index in [1.807, 2.05) is 18.2 Å². The van der Waals surface area contributed by atoms with Crippen molar-refractivity contribution >= 4 is 0 Å². The van der Waals surface area contributed by atoms with Crippen molar-refractivity contribution in [3.63, 3.8) is 0 Å². The molecule has 1 aromatic carbocycles. The van der Waals surface area contributed by atoms with Crippen LogP contribution in [0.4, 0.5) is 4.39 Å². The van der Waals surface area contributed by atoms with Crippen molar-refractivity contribution in [1.29, 1.82) is 0 Å². The number of halogens is 1. The van der Waals surface area contributed by atoms with E-state index in [9.17, 15) is 4.39 Å². The van der Waals surface area contributed by atoms with E-state index in [0.29, 0.717) is 6.54 Å². The van der Waals surface area contributed by atoms with E-state index in [1.165, 1.54) is 11.6 Å². The third kappa shape index (κ3) is 3.36. The largest absolute Gasteiger partial charge is 0.306 e. The minimum Gasteiger partial charge on any atom is -0.306 e. The Morgan fingerprint density at radius 1 is 1.24 bits per heavy atom. The molecule has 0 radical (unpaired) electrons. The number of hydrogen-bond donors (Lipinski definition) is 1. The summed E-state index contributed by atoms with van der Waals surface area (Å²) in [7, 11) is 0. The maximum absolute atomic E-state index is 13.0. The first-order chi connectivity index (χ1) is 8.25. The van der Waals surface area contributed by atoms with Crippen LogP contribution in [0.2, 0.25) is 0 Å². The molecule has 2 aromatic rings. The topological polar surface area (TPSA) is 24.9 Å². The van der Waals surface area contributed by atoms with Gasteiger partial charge in [-0.3, -0.25) is 4.98 Å². The van der Waals surface area contributed by atoms with E-state index in [0.717, 1.165) is 5.56 Å². The van der Waals surface area contributed by atoms with Crippen molar-refractivity contribution < 1.29 is 4.39 Å². The summed E-state index contributed by atoms with van der Waals surface area (Å²) in [5.41, 5.74) is 2.13. The fraction of sp³-hybridized carbons (Fsp3) is 0.214. The zero-order chi connectivity index (χ0) is 12.1. The van der Waals surface area contributed by atoms with Crippen molar-refractivity contribution in [1.82, 2.24) is 10.3 Å². The molecule has 1 atom stereocenters. The Hall–Kier alpha value is -1.74. The van der Waals surface area contributed by atoms with Crippen molar-refractivity contribution in [3.8, 4) is 0 Å². The lowest BCUT2D eigenvalue weighted by Crippen LogP contribution is -2.18. The average Bonchev–Trinajstić information content (AvgIpc) is 2.37. The van der Waals surface area contributed by atoms with Crippen LogP contribution in [0.15, 0.2) is 48.8 Å². The Kier molecular flexibility index (Phi) is 3.83. The van der Waals surface area contributed by atoms with E-state index in [4.69, 9.17) is 0 Å². The number of hydrogen-bond acceptors (Lipinski definition) is 2.